The molecule has 1 aromatic carbocycles. The van der Waals surface area contributed by atoms with Gasteiger partial charge in [-0.15, -0.1) is 10.2 Å². The molecular formula is C23H26N6O4S. The molecule has 0 saturated carbocycles. The van der Waals surface area contributed by atoms with E-state index in [0.717, 1.165) is 11.3 Å². The molecule has 0 spiro atoms. The van der Waals surface area contributed by atoms with Crippen LogP contribution in [0, 0.1) is 6.92 Å². The average Bonchev–Trinajstić information content (AvgIpc) is 3.46. The number of hydrogen-bond acceptors (Lipinski definition) is 8. The molecule has 0 radical (unpaired) electrons. The van der Waals surface area contributed by atoms with Gasteiger partial charge < -0.3 is 14.5 Å². The second-order valence-corrected chi connectivity index (χ2v) is 8.43. The van der Waals surface area contributed by atoms with E-state index in [1.807, 2.05) is 50.2 Å². The fourth-order valence-corrected chi connectivity index (χ4v) is 4.55. The lowest BCUT2D eigenvalue weighted by molar-refractivity contribution is -0.139. The monoisotopic (exact) mass is 482 g/mol. The molecular weight excluding hydrogens is 456 g/mol. The fourth-order valence-electron chi connectivity index (χ4n) is 3.72. The minimum atomic E-state index is -0.618. The summed E-state index contributed by atoms with van der Waals surface area (Å²) in [6, 6.07) is 10.4. The van der Waals surface area contributed by atoms with Crippen molar-refractivity contribution < 1.29 is 18.7 Å². The van der Waals surface area contributed by atoms with Gasteiger partial charge in [-0.2, -0.15) is 5.10 Å². The van der Waals surface area contributed by atoms with Crippen LogP contribution in [-0.2, 0) is 16.1 Å². The SMILES string of the molecule is CCOC(=O)C1=C(CSc2nnc(Cn3nccc3C)o2)N(CC)C(=O)N[C@H]1c1ccccc1. The third-order valence-electron chi connectivity index (χ3n) is 5.38. The summed E-state index contributed by atoms with van der Waals surface area (Å²) in [7, 11) is 0. The quantitative estimate of drug-likeness (QED) is 0.365. The van der Waals surface area contributed by atoms with Crippen LogP contribution in [0.15, 0.2) is 63.5 Å². The Morgan fingerprint density at radius 1 is 1.21 bits per heavy atom. The van der Waals surface area contributed by atoms with Crippen LogP contribution in [0.1, 0.15) is 37.0 Å². The number of nitrogens with zero attached hydrogens (tertiary/aromatic N) is 5. The smallest absolute Gasteiger partial charge is 0.338 e. The number of rotatable bonds is 9. The van der Waals surface area contributed by atoms with E-state index in [0.29, 0.717) is 35.5 Å². The number of urea groups is 1. The van der Waals surface area contributed by atoms with E-state index in [2.05, 4.69) is 20.6 Å². The molecule has 4 rings (SSSR count). The minimum Gasteiger partial charge on any atom is -0.463 e. The van der Waals surface area contributed by atoms with Gasteiger partial charge in [-0.05, 0) is 32.4 Å². The van der Waals surface area contributed by atoms with Gasteiger partial charge in [0.05, 0.1) is 18.2 Å². The second-order valence-electron chi connectivity index (χ2n) is 7.50. The molecule has 2 amide bonds. The molecule has 1 aliphatic rings. The van der Waals surface area contributed by atoms with Crippen molar-refractivity contribution in [3.63, 3.8) is 0 Å². The molecule has 0 saturated heterocycles. The van der Waals surface area contributed by atoms with Crippen molar-refractivity contribution in [2.45, 2.75) is 38.6 Å². The van der Waals surface area contributed by atoms with Crippen molar-refractivity contribution in [3.05, 3.63) is 71.0 Å². The number of carbonyl (C=O) groups is 2. The Bertz CT molecular complexity index is 1190. The number of carbonyl (C=O) groups excluding carboxylic acids is 2. The average molecular weight is 483 g/mol. The predicted molar refractivity (Wildman–Crippen MR) is 125 cm³/mol. The fraction of sp³-hybridized carbons (Fsp3) is 0.348. The Kier molecular flexibility index (Phi) is 7.31. The van der Waals surface area contributed by atoms with Crippen molar-refractivity contribution in [1.29, 1.82) is 0 Å². The van der Waals surface area contributed by atoms with E-state index < -0.39 is 12.0 Å². The van der Waals surface area contributed by atoms with Crippen LogP contribution >= 0.6 is 11.8 Å². The van der Waals surface area contributed by atoms with Crippen LogP contribution in [0.5, 0.6) is 0 Å². The van der Waals surface area contributed by atoms with Crippen molar-refractivity contribution >= 4 is 23.8 Å². The van der Waals surface area contributed by atoms with Gasteiger partial charge in [0.25, 0.3) is 5.22 Å². The Labute approximate surface area is 201 Å². The molecule has 2 aromatic heterocycles. The first-order chi connectivity index (χ1) is 16.5. The van der Waals surface area contributed by atoms with Crippen LogP contribution in [0.3, 0.4) is 0 Å². The first-order valence-electron chi connectivity index (χ1n) is 11.0. The van der Waals surface area contributed by atoms with E-state index in [-0.39, 0.29) is 18.4 Å². The van der Waals surface area contributed by atoms with E-state index in [1.54, 1.807) is 22.7 Å². The van der Waals surface area contributed by atoms with Gasteiger partial charge in [0.1, 0.15) is 6.54 Å². The highest BCUT2D eigenvalue weighted by molar-refractivity contribution is 7.99. The Morgan fingerprint density at radius 2 is 2.00 bits per heavy atom. The first kappa shape index (κ1) is 23.6. The summed E-state index contributed by atoms with van der Waals surface area (Å²) >= 11 is 1.26. The lowest BCUT2D eigenvalue weighted by Crippen LogP contribution is -2.49. The van der Waals surface area contributed by atoms with Crippen LogP contribution in [0.4, 0.5) is 4.79 Å². The third-order valence-corrected chi connectivity index (χ3v) is 6.21. The zero-order chi connectivity index (χ0) is 24.1. The van der Waals surface area contributed by atoms with Gasteiger partial charge in [0.2, 0.25) is 5.89 Å². The normalized spacial score (nSPS) is 16.0. The molecule has 3 aromatic rings. The van der Waals surface area contributed by atoms with E-state index >= 15 is 0 Å². The maximum atomic E-state index is 13.1. The number of ether oxygens (including phenoxy) is 1. The Hall–Kier alpha value is -3.60. The zero-order valence-electron chi connectivity index (χ0n) is 19.2. The standard InChI is InChI=1S/C23H26N6O4S/c1-4-28-17(14-34-23-27-26-18(33-23)13-29-15(3)11-12-24-29)19(21(30)32-5-2)20(25-22(28)31)16-9-7-6-8-10-16/h6-12,20H,4-5,13-14H2,1-3H3,(H,25,31)/t20-/m0/s1. The Balaban J connectivity index is 1.63. The van der Waals surface area contributed by atoms with Crippen molar-refractivity contribution in [1.82, 2.24) is 30.2 Å². The van der Waals surface area contributed by atoms with Gasteiger partial charge in [-0.3, -0.25) is 9.58 Å². The highest BCUT2D eigenvalue weighted by atomic mass is 32.2. The van der Waals surface area contributed by atoms with E-state index in [1.165, 1.54) is 11.8 Å². The summed E-state index contributed by atoms with van der Waals surface area (Å²) in [5.74, 6) is 0.233. The second kappa shape index (κ2) is 10.6. The predicted octanol–water partition coefficient (Wildman–Crippen LogP) is 3.32. The number of aryl methyl sites for hydroxylation is 1. The highest BCUT2D eigenvalue weighted by Gasteiger charge is 2.37. The topological polar surface area (TPSA) is 115 Å². The van der Waals surface area contributed by atoms with Gasteiger partial charge in [0, 0.05) is 29.9 Å². The van der Waals surface area contributed by atoms with E-state index in [4.69, 9.17) is 9.15 Å². The van der Waals surface area contributed by atoms with Crippen LogP contribution < -0.4 is 5.32 Å². The number of aromatic nitrogens is 4. The molecule has 0 unspecified atom stereocenters. The number of amides is 2. The summed E-state index contributed by atoms with van der Waals surface area (Å²) in [5.41, 5.74) is 2.74. The molecule has 0 fully saturated rings. The molecule has 3 heterocycles. The summed E-state index contributed by atoms with van der Waals surface area (Å²) < 4.78 is 12.9. The number of esters is 1. The lowest BCUT2D eigenvalue weighted by atomic mass is 9.95. The summed E-state index contributed by atoms with van der Waals surface area (Å²) in [4.78, 5) is 27.5. The maximum absolute atomic E-state index is 13.1. The van der Waals surface area contributed by atoms with Gasteiger partial charge >= 0.3 is 12.0 Å². The summed E-state index contributed by atoms with van der Waals surface area (Å²) in [6.45, 7) is 6.53. The lowest BCUT2D eigenvalue weighted by Gasteiger charge is -2.36. The number of thioether (sulfide) groups is 1. The summed E-state index contributed by atoms with van der Waals surface area (Å²) in [6.07, 6.45) is 1.71. The summed E-state index contributed by atoms with van der Waals surface area (Å²) in [5, 5.41) is 15.7. The number of benzene rings is 1. The molecule has 1 N–H and O–H groups in total. The van der Waals surface area contributed by atoms with Gasteiger partial charge in [-0.1, -0.05) is 42.1 Å². The van der Waals surface area contributed by atoms with Gasteiger partial charge in [-0.25, -0.2) is 9.59 Å². The molecule has 10 nitrogen and oxygen atoms in total. The van der Waals surface area contributed by atoms with Crippen LogP contribution in [0.25, 0.3) is 0 Å². The molecule has 0 bridgehead atoms. The number of hydrogen-bond donors (Lipinski definition) is 1. The minimum absolute atomic E-state index is 0.226. The van der Waals surface area contributed by atoms with Crippen molar-refractivity contribution in [2.75, 3.05) is 18.9 Å². The van der Waals surface area contributed by atoms with E-state index in [9.17, 15) is 9.59 Å². The molecule has 11 heteroatoms. The van der Waals surface area contributed by atoms with Gasteiger partial charge in [0.15, 0.2) is 0 Å². The third kappa shape index (κ3) is 4.98. The van der Waals surface area contributed by atoms with Crippen molar-refractivity contribution in [2.24, 2.45) is 0 Å². The van der Waals surface area contributed by atoms with Crippen molar-refractivity contribution in [3.8, 4) is 0 Å². The van der Waals surface area contributed by atoms with Crippen LogP contribution in [0.2, 0.25) is 0 Å². The maximum Gasteiger partial charge on any atom is 0.338 e. The highest BCUT2D eigenvalue weighted by Crippen LogP contribution is 2.34. The zero-order valence-corrected chi connectivity index (χ0v) is 20.0. The van der Waals surface area contributed by atoms with Crippen LogP contribution in [-0.4, -0.2) is 55.8 Å². The molecule has 178 valence electrons. The Morgan fingerprint density at radius 3 is 2.68 bits per heavy atom. The first-order valence-corrected chi connectivity index (χ1v) is 12.0. The molecule has 1 aliphatic heterocycles. The molecule has 1 atom stereocenters. The molecule has 0 aliphatic carbocycles. The largest absolute Gasteiger partial charge is 0.463 e. The number of nitrogens with one attached hydrogen (secondary N) is 1. The molecule has 34 heavy (non-hydrogen) atoms.